The summed E-state index contributed by atoms with van der Waals surface area (Å²) in [5.41, 5.74) is 0.141. The quantitative estimate of drug-likeness (QED) is 0.765. The number of nitrogens with zero attached hydrogens (tertiary/aromatic N) is 1. The van der Waals surface area contributed by atoms with E-state index in [1.807, 2.05) is 0 Å². The van der Waals surface area contributed by atoms with Crippen molar-refractivity contribution in [3.8, 4) is 0 Å². The first-order valence-electron chi connectivity index (χ1n) is 9.23. The van der Waals surface area contributed by atoms with Gasteiger partial charge in [-0.2, -0.15) is 0 Å². The number of H-pyrrole nitrogens is 1. The molecule has 1 aliphatic rings. The van der Waals surface area contributed by atoms with Crippen LogP contribution in [0.5, 0.6) is 0 Å². The first-order valence-corrected chi connectivity index (χ1v) is 4.73. The van der Waals surface area contributed by atoms with Gasteiger partial charge < -0.3 is 9.88 Å². The van der Waals surface area contributed by atoms with Crippen LogP contribution in [-0.4, -0.2) is 29.9 Å². The molecule has 1 aromatic heterocycles. The van der Waals surface area contributed by atoms with Gasteiger partial charge in [0.1, 0.15) is 0 Å². The largest absolute Gasteiger partial charge is 0.361 e. The fourth-order valence-electron chi connectivity index (χ4n) is 1.78. The third-order valence-electron chi connectivity index (χ3n) is 2.51. The minimum absolute atomic E-state index is 0.0481. The fourth-order valence-corrected chi connectivity index (χ4v) is 1.78. The van der Waals surface area contributed by atoms with E-state index in [1.165, 1.54) is 7.05 Å². The molecule has 2 nitrogen and oxygen atoms in total. The normalized spacial score (nSPS) is 37.9. The van der Waals surface area contributed by atoms with Gasteiger partial charge in [-0.05, 0) is 37.5 Å². The molecule has 1 saturated heterocycles. The number of benzene rings is 1. The standard InChI is InChI=1S/C13H16N2/c1-15-7-6-10(9-15)12-8-14-13-5-3-2-4-11(12)13/h2-5,8,10,14H,6-7,9H2,1H3/i2D,3D,4D,5D,7D2,8D,9D2. The summed E-state index contributed by atoms with van der Waals surface area (Å²) in [5.74, 6) is -1.03. The van der Waals surface area contributed by atoms with Gasteiger partial charge in [0.25, 0.3) is 0 Å². The van der Waals surface area contributed by atoms with Crippen molar-refractivity contribution in [2.45, 2.75) is 12.3 Å². The molecular formula is C13H16N2. The van der Waals surface area contributed by atoms with Crippen LogP contribution in [0, 0.1) is 0 Å². The molecule has 1 N–H and O–H groups in total. The molecule has 0 spiro atoms. The number of hydrogen-bond donors (Lipinski definition) is 1. The predicted molar refractivity (Wildman–Crippen MR) is 63.2 cm³/mol. The number of nitrogens with one attached hydrogen (secondary N) is 1. The van der Waals surface area contributed by atoms with Gasteiger partial charge in [-0.1, -0.05) is 18.1 Å². The summed E-state index contributed by atoms with van der Waals surface area (Å²) in [5, 5.41) is 0.0611. The molecule has 1 atom stereocenters. The van der Waals surface area contributed by atoms with Crippen LogP contribution < -0.4 is 0 Å². The maximum absolute atomic E-state index is 8.24. The number of rotatable bonds is 1. The van der Waals surface area contributed by atoms with Crippen LogP contribution in [0.1, 0.15) is 30.2 Å². The highest BCUT2D eigenvalue weighted by Crippen LogP contribution is 2.31. The van der Waals surface area contributed by atoms with E-state index in [0.29, 0.717) is 0 Å². The van der Waals surface area contributed by atoms with Gasteiger partial charge >= 0.3 is 0 Å². The van der Waals surface area contributed by atoms with Crippen LogP contribution in [-0.2, 0) is 0 Å². The van der Waals surface area contributed by atoms with Crippen LogP contribution in [0.15, 0.2) is 30.3 Å². The van der Waals surface area contributed by atoms with Crippen molar-refractivity contribution >= 4 is 10.9 Å². The highest BCUT2D eigenvalue weighted by atomic mass is 15.1. The molecule has 3 rings (SSSR count). The van der Waals surface area contributed by atoms with E-state index in [2.05, 4.69) is 4.98 Å². The summed E-state index contributed by atoms with van der Waals surface area (Å²) < 4.78 is 72.1. The zero-order chi connectivity index (χ0) is 18.2. The number of para-hydroxylation sites is 1. The summed E-state index contributed by atoms with van der Waals surface area (Å²) in [6.07, 6.45) is -0.421. The van der Waals surface area contributed by atoms with E-state index in [1.54, 1.807) is 0 Å². The number of aromatic nitrogens is 1. The van der Waals surface area contributed by atoms with Crippen molar-refractivity contribution in [3.63, 3.8) is 0 Å². The van der Waals surface area contributed by atoms with E-state index in [4.69, 9.17) is 12.3 Å². The Labute approximate surface area is 103 Å². The first-order chi connectivity index (χ1) is 10.9. The van der Waals surface area contributed by atoms with Crippen LogP contribution in [0.3, 0.4) is 0 Å². The van der Waals surface area contributed by atoms with Gasteiger partial charge in [-0.25, -0.2) is 0 Å². The molecule has 0 aliphatic carbocycles. The summed E-state index contributed by atoms with van der Waals surface area (Å²) in [6, 6.07) is -1.55. The summed E-state index contributed by atoms with van der Waals surface area (Å²) in [7, 11) is 1.33. The summed E-state index contributed by atoms with van der Waals surface area (Å²) in [6.45, 7) is -4.01. The Hall–Kier alpha value is -1.28. The van der Waals surface area contributed by atoms with E-state index in [0.717, 1.165) is 4.90 Å². The smallest absolute Gasteiger partial charge is 0.0819 e. The van der Waals surface area contributed by atoms with Gasteiger partial charge in [-0.3, -0.25) is 0 Å². The Bertz CT molecular complexity index is 842. The van der Waals surface area contributed by atoms with Crippen LogP contribution >= 0.6 is 0 Å². The molecule has 0 saturated carbocycles. The number of aromatic amines is 1. The lowest BCUT2D eigenvalue weighted by Crippen LogP contribution is -2.13. The highest BCUT2D eigenvalue weighted by Gasteiger charge is 2.23. The lowest BCUT2D eigenvalue weighted by Gasteiger charge is -2.09. The molecule has 0 amide bonds. The monoisotopic (exact) mass is 209 g/mol. The van der Waals surface area contributed by atoms with Gasteiger partial charge in [-0.15, -0.1) is 0 Å². The average molecular weight is 209 g/mol. The molecule has 0 bridgehead atoms. The van der Waals surface area contributed by atoms with Crippen molar-refractivity contribution in [2.75, 3.05) is 20.0 Å². The molecule has 2 aromatic rings. The molecular weight excluding hydrogens is 184 g/mol. The topological polar surface area (TPSA) is 19.0 Å². The van der Waals surface area contributed by atoms with Crippen LogP contribution in [0.2, 0.25) is 0 Å². The lowest BCUT2D eigenvalue weighted by molar-refractivity contribution is 0.412. The van der Waals surface area contributed by atoms with E-state index >= 15 is 0 Å². The van der Waals surface area contributed by atoms with Crippen LogP contribution in [0.4, 0.5) is 0 Å². The van der Waals surface area contributed by atoms with Crippen molar-refractivity contribution in [2.24, 2.45) is 0 Å². The zero-order valence-electron chi connectivity index (χ0n) is 17.2. The minimum atomic E-state index is -2.09. The molecule has 2 heterocycles. The summed E-state index contributed by atoms with van der Waals surface area (Å²) in [4.78, 5) is 3.58. The minimum Gasteiger partial charge on any atom is -0.361 e. The molecule has 0 radical (unpaired) electrons. The lowest BCUT2D eigenvalue weighted by atomic mass is 9.98. The molecule has 1 aliphatic heterocycles. The summed E-state index contributed by atoms with van der Waals surface area (Å²) >= 11 is 0. The van der Waals surface area contributed by atoms with Crippen LogP contribution in [0.25, 0.3) is 10.9 Å². The van der Waals surface area contributed by atoms with E-state index in [-0.39, 0.29) is 41.1 Å². The molecule has 1 aromatic carbocycles. The van der Waals surface area contributed by atoms with Crippen molar-refractivity contribution in [3.05, 3.63) is 35.9 Å². The van der Waals surface area contributed by atoms with E-state index < -0.39 is 31.0 Å². The third kappa shape index (κ3) is 1.45. The maximum atomic E-state index is 8.24. The van der Waals surface area contributed by atoms with Crippen molar-refractivity contribution in [1.82, 2.24) is 9.88 Å². The molecule has 15 heavy (non-hydrogen) atoms. The van der Waals surface area contributed by atoms with Gasteiger partial charge in [0.2, 0.25) is 0 Å². The number of fused-ring (bicyclic) bond motifs is 1. The number of likely N-dealkylation sites (N-methyl/N-ethyl adjacent to an activating group) is 1. The van der Waals surface area contributed by atoms with Gasteiger partial charge in [0, 0.05) is 29.1 Å². The van der Waals surface area contributed by atoms with E-state index in [9.17, 15) is 0 Å². The van der Waals surface area contributed by atoms with Gasteiger partial charge in [0.15, 0.2) is 0 Å². The molecule has 78 valence electrons. The van der Waals surface area contributed by atoms with Gasteiger partial charge in [0.05, 0.1) is 6.85 Å². The SMILES string of the molecule is [2H]c1[nH]c2c([2H])c([2H])c([2H])c([2H])c2c1C1CC([2H])([2H])N(C)C1([2H])[2H]. The molecule has 2 heteroatoms. The Kier molecular flexibility index (Phi) is 0.820. The van der Waals surface area contributed by atoms with Crippen molar-refractivity contribution < 1.29 is 12.3 Å². The second kappa shape index (κ2) is 3.38. The Morgan fingerprint density at radius 3 is 3.20 bits per heavy atom. The fraction of sp³-hybridized carbons (Fsp3) is 0.385. The predicted octanol–water partition coefficient (Wildman–Crippen LogP) is 2.59. The second-order valence-corrected chi connectivity index (χ2v) is 3.52. The Balaban J connectivity index is 2.34. The zero-order valence-corrected chi connectivity index (χ0v) is 8.23. The number of likely N-dealkylation sites (tertiary alicyclic amines) is 1. The molecule has 1 fully saturated rings. The van der Waals surface area contributed by atoms with Crippen molar-refractivity contribution in [1.29, 1.82) is 0 Å². The second-order valence-electron chi connectivity index (χ2n) is 3.52. The molecule has 1 unspecified atom stereocenters. The highest BCUT2D eigenvalue weighted by molar-refractivity contribution is 5.83. The maximum Gasteiger partial charge on any atom is 0.0819 e. The average Bonchev–Trinajstić information content (AvgIpc) is 2.91. The first kappa shape index (κ1) is 3.63. The number of hydrogen-bond acceptors (Lipinski definition) is 1. The third-order valence-corrected chi connectivity index (χ3v) is 2.51. The Morgan fingerprint density at radius 1 is 1.53 bits per heavy atom. The Morgan fingerprint density at radius 2 is 2.40 bits per heavy atom.